The molecule has 0 spiro atoms. The van der Waals surface area contributed by atoms with Gasteiger partial charge in [-0.25, -0.2) is 0 Å². The van der Waals surface area contributed by atoms with Gasteiger partial charge in [0.05, 0.1) is 18.2 Å². The lowest BCUT2D eigenvalue weighted by Gasteiger charge is -2.23. The molecule has 1 aromatic carbocycles. The van der Waals surface area contributed by atoms with E-state index in [0.717, 1.165) is 6.42 Å². The zero-order valence-corrected chi connectivity index (χ0v) is 11.9. The van der Waals surface area contributed by atoms with Crippen LogP contribution in [0.1, 0.15) is 31.9 Å². The van der Waals surface area contributed by atoms with Gasteiger partial charge in [0.25, 0.3) is 0 Å². The average Bonchev–Trinajstić information content (AvgIpc) is 2.40. The Hall–Kier alpha value is -0.900. The molecule has 0 aliphatic carbocycles. The summed E-state index contributed by atoms with van der Waals surface area (Å²) in [4.78, 5) is 0. The van der Waals surface area contributed by atoms with Gasteiger partial charge in [-0.05, 0) is 32.9 Å². The van der Waals surface area contributed by atoms with Crippen molar-refractivity contribution in [3.63, 3.8) is 0 Å². The molecule has 0 radical (unpaired) electrons. The molecule has 1 atom stereocenters. The van der Waals surface area contributed by atoms with Crippen molar-refractivity contribution in [2.24, 2.45) is 0 Å². The van der Waals surface area contributed by atoms with Gasteiger partial charge in [0, 0.05) is 13.7 Å². The lowest BCUT2D eigenvalue weighted by molar-refractivity contribution is -0.0122. The number of methoxy groups -OCH3 is 1. The van der Waals surface area contributed by atoms with Crippen LogP contribution in [0.4, 0.5) is 0 Å². The van der Waals surface area contributed by atoms with E-state index in [0.29, 0.717) is 13.2 Å². The maximum absolute atomic E-state index is 5.74. The fourth-order valence-corrected chi connectivity index (χ4v) is 1.65. The summed E-state index contributed by atoms with van der Waals surface area (Å²) in [5.74, 6) is 0. The normalized spacial score (nSPS) is 13.6. The molecular formula is C15H25NO2. The second-order valence-corrected chi connectivity index (χ2v) is 5.04. The van der Waals surface area contributed by atoms with Gasteiger partial charge in [-0.1, -0.05) is 30.3 Å². The Morgan fingerprint density at radius 1 is 1.22 bits per heavy atom. The van der Waals surface area contributed by atoms with Gasteiger partial charge in [-0.15, -0.1) is 0 Å². The minimum atomic E-state index is -0.109. The van der Waals surface area contributed by atoms with E-state index < -0.39 is 0 Å². The first-order valence-corrected chi connectivity index (χ1v) is 6.44. The van der Waals surface area contributed by atoms with Crippen LogP contribution in [0, 0.1) is 0 Å². The molecule has 102 valence electrons. The predicted octanol–water partition coefficient (Wildman–Crippen LogP) is 2.78. The second-order valence-electron chi connectivity index (χ2n) is 5.04. The molecule has 1 unspecified atom stereocenters. The topological polar surface area (TPSA) is 30.5 Å². The van der Waals surface area contributed by atoms with Gasteiger partial charge in [0.15, 0.2) is 0 Å². The van der Waals surface area contributed by atoms with E-state index in [1.807, 2.05) is 25.2 Å². The average molecular weight is 251 g/mol. The molecule has 0 heterocycles. The van der Waals surface area contributed by atoms with Crippen LogP contribution in [0.15, 0.2) is 30.3 Å². The van der Waals surface area contributed by atoms with Crippen LogP contribution in [-0.4, -0.2) is 33.0 Å². The van der Waals surface area contributed by atoms with Crippen LogP contribution in [0.25, 0.3) is 0 Å². The van der Waals surface area contributed by atoms with Crippen molar-refractivity contribution in [3.05, 3.63) is 35.9 Å². The third-order valence-electron chi connectivity index (χ3n) is 3.24. The van der Waals surface area contributed by atoms with Crippen molar-refractivity contribution >= 4 is 0 Å². The van der Waals surface area contributed by atoms with Gasteiger partial charge in [0.1, 0.15) is 0 Å². The van der Waals surface area contributed by atoms with E-state index in [1.54, 1.807) is 7.11 Å². The maximum Gasteiger partial charge on any atom is 0.0661 e. The summed E-state index contributed by atoms with van der Waals surface area (Å²) in [7, 11) is 3.69. The van der Waals surface area contributed by atoms with E-state index in [2.05, 4.69) is 31.3 Å². The van der Waals surface area contributed by atoms with Crippen LogP contribution in [-0.2, 0) is 9.47 Å². The van der Waals surface area contributed by atoms with Crippen molar-refractivity contribution in [2.45, 2.75) is 31.9 Å². The Morgan fingerprint density at radius 2 is 1.89 bits per heavy atom. The van der Waals surface area contributed by atoms with Crippen molar-refractivity contribution in [2.75, 3.05) is 27.4 Å². The summed E-state index contributed by atoms with van der Waals surface area (Å²) in [6.07, 6.45) is 0.898. The molecule has 1 N–H and O–H groups in total. The van der Waals surface area contributed by atoms with E-state index in [1.165, 1.54) is 5.56 Å². The number of hydrogen-bond acceptors (Lipinski definition) is 3. The van der Waals surface area contributed by atoms with Crippen LogP contribution in [0.2, 0.25) is 0 Å². The summed E-state index contributed by atoms with van der Waals surface area (Å²) < 4.78 is 11.1. The number of likely N-dealkylation sites (N-methyl/N-ethyl adjacent to an activating group) is 1. The Balaban J connectivity index is 2.33. The number of rotatable bonds is 8. The third kappa shape index (κ3) is 5.17. The number of benzene rings is 1. The highest BCUT2D eigenvalue weighted by Gasteiger charge is 2.16. The number of hydrogen-bond donors (Lipinski definition) is 1. The zero-order chi connectivity index (χ0) is 13.4. The molecule has 3 nitrogen and oxygen atoms in total. The second kappa shape index (κ2) is 7.52. The molecule has 0 saturated carbocycles. The SMILES string of the molecule is CNC(COCCC(C)(C)OC)c1ccccc1. The minimum Gasteiger partial charge on any atom is -0.379 e. The molecule has 0 aliphatic heterocycles. The molecule has 1 rings (SSSR count). The highest BCUT2D eigenvalue weighted by molar-refractivity contribution is 5.18. The van der Waals surface area contributed by atoms with Gasteiger partial charge in [-0.3, -0.25) is 0 Å². The lowest BCUT2D eigenvalue weighted by atomic mass is 10.1. The summed E-state index contributed by atoms with van der Waals surface area (Å²) in [5.41, 5.74) is 1.15. The minimum absolute atomic E-state index is 0.109. The Labute approximate surface area is 110 Å². The molecule has 0 aromatic heterocycles. The molecule has 0 amide bonds. The molecule has 18 heavy (non-hydrogen) atoms. The Kier molecular flexibility index (Phi) is 6.33. The molecule has 0 bridgehead atoms. The first-order chi connectivity index (χ1) is 8.59. The highest BCUT2D eigenvalue weighted by atomic mass is 16.5. The van der Waals surface area contributed by atoms with Gasteiger partial charge >= 0.3 is 0 Å². The van der Waals surface area contributed by atoms with Crippen LogP contribution >= 0.6 is 0 Å². The smallest absolute Gasteiger partial charge is 0.0661 e. The highest BCUT2D eigenvalue weighted by Crippen LogP contribution is 2.15. The van der Waals surface area contributed by atoms with Crippen molar-refractivity contribution in [1.29, 1.82) is 0 Å². The van der Waals surface area contributed by atoms with Crippen LogP contribution in [0.3, 0.4) is 0 Å². The quantitative estimate of drug-likeness (QED) is 0.721. The van der Waals surface area contributed by atoms with Crippen molar-refractivity contribution in [3.8, 4) is 0 Å². The van der Waals surface area contributed by atoms with Gasteiger partial charge < -0.3 is 14.8 Å². The fraction of sp³-hybridized carbons (Fsp3) is 0.600. The largest absolute Gasteiger partial charge is 0.379 e. The van der Waals surface area contributed by atoms with E-state index in [-0.39, 0.29) is 11.6 Å². The molecule has 0 fully saturated rings. The molecular weight excluding hydrogens is 226 g/mol. The maximum atomic E-state index is 5.74. The van der Waals surface area contributed by atoms with Crippen LogP contribution in [0.5, 0.6) is 0 Å². The lowest BCUT2D eigenvalue weighted by Crippen LogP contribution is -2.26. The number of nitrogens with one attached hydrogen (secondary N) is 1. The summed E-state index contributed by atoms with van der Waals surface area (Å²) in [6, 6.07) is 10.6. The molecule has 3 heteroatoms. The summed E-state index contributed by atoms with van der Waals surface area (Å²) in [6.45, 7) is 5.54. The van der Waals surface area contributed by atoms with Crippen molar-refractivity contribution < 1.29 is 9.47 Å². The van der Waals surface area contributed by atoms with Crippen LogP contribution < -0.4 is 5.32 Å². The van der Waals surface area contributed by atoms with E-state index in [9.17, 15) is 0 Å². The molecule has 0 aliphatic rings. The third-order valence-corrected chi connectivity index (χ3v) is 3.24. The monoisotopic (exact) mass is 251 g/mol. The standard InChI is InChI=1S/C15H25NO2/c1-15(2,17-4)10-11-18-12-14(16-3)13-8-6-5-7-9-13/h5-9,14,16H,10-12H2,1-4H3. The molecule has 1 aromatic rings. The van der Waals surface area contributed by atoms with E-state index >= 15 is 0 Å². The fourth-order valence-electron chi connectivity index (χ4n) is 1.65. The van der Waals surface area contributed by atoms with Crippen molar-refractivity contribution in [1.82, 2.24) is 5.32 Å². The van der Waals surface area contributed by atoms with Gasteiger partial charge in [-0.2, -0.15) is 0 Å². The molecule has 0 saturated heterocycles. The van der Waals surface area contributed by atoms with E-state index in [4.69, 9.17) is 9.47 Å². The van der Waals surface area contributed by atoms with Gasteiger partial charge in [0.2, 0.25) is 0 Å². The Bertz CT molecular complexity index is 325. The summed E-state index contributed by atoms with van der Waals surface area (Å²) >= 11 is 0. The Morgan fingerprint density at radius 3 is 2.44 bits per heavy atom. The summed E-state index contributed by atoms with van der Waals surface area (Å²) in [5, 5.41) is 3.27. The predicted molar refractivity (Wildman–Crippen MR) is 74.8 cm³/mol. The zero-order valence-electron chi connectivity index (χ0n) is 11.9. The first kappa shape index (κ1) is 15.2. The number of ether oxygens (including phenoxy) is 2. The first-order valence-electron chi connectivity index (χ1n) is 6.44.